The van der Waals surface area contributed by atoms with Gasteiger partial charge in [-0.25, -0.2) is 9.97 Å². The molecule has 9 aromatic rings. The van der Waals surface area contributed by atoms with Crippen LogP contribution in [0.25, 0.3) is 66.8 Å². The fourth-order valence-corrected chi connectivity index (χ4v) is 7.53. The Kier molecular flexibility index (Phi) is 6.24. The number of furan rings is 1. The maximum absolute atomic E-state index is 6.16. The molecule has 0 aliphatic heterocycles. The number of nitrogens with zero attached hydrogens (tertiary/aromatic N) is 4. The minimum Gasteiger partial charge on any atom is -0.456 e. The second-order valence-corrected chi connectivity index (χ2v) is 12.6. The molecule has 0 atom stereocenters. The van der Waals surface area contributed by atoms with Crippen LogP contribution in [0.2, 0.25) is 0 Å². The van der Waals surface area contributed by atoms with Gasteiger partial charge in [0.05, 0.1) is 17.4 Å². The summed E-state index contributed by atoms with van der Waals surface area (Å²) < 4.78 is 8.59. The largest absolute Gasteiger partial charge is 0.456 e. The molecule has 0 unspecified atom stereocenters. The number of para-hydroxylation sites is 3. The van der Waals surface area contributed by atoms with Gasteiger partial charge in [-0.15, -0.1) is 0 Å². The normalized spacial score (nSPS) is 12.7. The van der Waals surface area contributed by atoms with Crippen LogP contribution in [0.5, 0.6) is 0 Å². The van der Waals surface area contributed by atoms with Crippen molar-refractivity contribution in [2.24, 2.45) is 0 Å². The maximum atomic E-state index is 6.16. The Morgan fingerprint density at radius 2 is 1.43 bits per heavy atom. The van der Waals surface area contributed by atoms with E-state index in [1.165, 1.54) is 27.7 Å². The average Bonchev–Trinajstić information content (AvgIpc) is 3.71. The van der Waals surface area contributed by atoms with Gasteiger partial charge in [0.15, 0.2) is 5.65 Å². The first-order chi connectivity index (χ1) is 24.3. The monoisotopic (exact) mass is 630 g/mol. The Morgan fingerprint density at radius 3 is 2.35 bits per heavy atom. The lowest BCUT2D eigenvalue weighted by Gasteiger charge is -2.25. The lowest BCUT2D eigenvalue weighted by Crippen LogP contribution is -2.09. The van der Waals surface area contributed by atoms with Crippen LogP contribution in [0.4, 0.5) is 17.1 Å². The lowest BCUT2D eigenvalue weighted by molar-refractivity contribution is 0.669. The van der Waals surface area contributed by atoms with Crippen LogP contribution in [0, 0.1) is 0 Å². The quantitative estimate of drug-likeness (QED) is 0.190. The molecule has 1 aliphatic carbocycles. The predicted octanol–water partition coefficient (Wildman–Crippen LogP) is 11.6. The molecule has 10 rings (SSSR count). The highest BCUT2D eigenvalue weighted by atomic mass is 16.3. The Bertz CT molecular complexity index is 2720. The topological polar surface area (TPSA) is 47.1 Å². The van der Waals surface area contributed by atoms with Crippen LogP contribution < -0.4 is 4.90 Å². The second kappa shape index (κ2) is 11.1. The van der Waals surface area contributed by atoms with Crippen molar-refractivity contribution >= 4 is 67.0 Å². The number of hydrogen-bond donors (Lipinski definition) is 0. The first-order valence-electron chi connectivity index (χ1n) is 16.7. The molecule has 0 spiro atoms. The van der Waals surface area contributed by atoms with Crippen molar-refractivity contribution in [2.75, 3.05) is 4.90 Å². The van der Waals surface area contributed by atoms with Gasteiger partial charge in [-0.3, -0.25) is 0 Å². The Balaban J connectivity index is 1.13. The van der Waals surface area contributed by atoms with E-state index in [1.54, 1.807) is 6.20 Å². The van der Waals surface area contributed by atoms with Gasteiger partial charge in [-0.2, -0.15) is 0 Å². The Morgan fingerprint density at radius 1 is 0.633 bits per heavy atom. The first kappa shape index (κ1) is 27.6. The first-order valence-corrected chi connectivity index (χ1v) is 16.7. The zero-order valence-corrected chi connectivity index (χ0v) is 26.6. The van der Waals surface area contributed by atoms with Gasteiger partial charge in [0, 0.05) is 61.6 Å². The fourth-order valence-electron chi connectivity index (χ4n) is 7.53. The van der Waals surface area contributed by atoms with E-state index in [9.17, 15) is 0 Å². The van der Waals surface area contributed by atoms with Gasteiger partial charge in [-0.1, -0.05) is 78.9 Å². The molecule has 232 valence electrons. The van der Waals surface area contributed by atoms with Crippen molar-refractivity contribution in [1.29, 1.82) is 0 Å². The number of fused-ring (bicyclic) bond motifs is 7. The Labute approximate surface area is 283 Å². The Hall–Kier alpha value is -6.46. The summed E-state index contributed by atoms with van der Waals surface area (Å²) in [6, 6.07) is 47.2. The van der Waals surface area contributed by atoms with E-state index < -0.39 is 0 Å². The molecule has 49 heavy (non-hydrogen) atoms. The van der Waals surface area contributed by atoms with Gasteiger partial charge in [0.25, 0.3) is 0 Å². The van der Waals surface area contributed by atoms with E-state index in [4.69, 9.17) is 9.40 Å². The smallest absolute Gasteiger partial charge is 0.159 e. The van der Waals surface area contributed by atoms with Crippen molar-refractivity contribution in [3.05, 3.63) is 163 Å². The molecule has 4 heterocycles. The third kappa shape index (κ3) is 4.47. The maximum Gasteiger partial charge on any atom is 0.159 e. The van der Waals surface area contributed by atoms with Gasteiger partial charge in [0.2, 0.25) is 0 Å². The third-order valence-corrected chi connectivity index (χ3v) is 9.73. The molecule has 5 heteroatoms. The van der Waals surface area contributed by atoms with Crippen LogP contribution in [-0.4, -0.2) is 14.5 Å². The molecule has 0 saturated heterocycles. The molecule has 0 amide bonds. The van der Waals surface area contributed by atoms with Crippen LogP contribution >= 0.6 is 0 Å². The summed E-state index contributed by atoms with van der Waals surface area (Å²) >= 11 is 0. The third-order valence-electron chi connectivity index (χ3n) is 9.73. The van der Waals surface area contributed by atoms with Gasteiger partial charge in [0.1, 0.15) is 11.2 Å². The summed E-state index contributed by atoms with van der Waals surface area (Å²) in [5.74, 6) is 0. The molecular formula is C44H30N4O. The highest BCUT2D eigenvalue weighted by Crippen LogP contribution is 2.42. The highest BCUT2D eigenvalue weighted by Gasteiger charge is 2.22. The zero-order chi connectivity index (χ0) is 32.3. The molecule has 4 aromatic heterocycles. The van der Waals surface area contributed by atoms with Crippen LogP contribution in [0.1, 0.15) is 17.7 Å². The summed E-state index contributed by atoms with van der Waals surface area (Å²) in [6.45, 7) is 0. The van der Waals surface area contributed by atoms with Crippen molar-refractivity contribution in [3.63, 3.8) is 0 Å². The standard InChI is InChI=1S/C44H30N4O/c1-2-11-31(12-3-1)47(33-23-24-42-39(27-33)37-14-5-7-18-41(37)49-42)32-21-19-29(20-22-32)35-15-8-16-38-36-13-4-6-17-40(36)48(43(35)38)34-26-30-10-9-25-45-44(30)46-28-34/h1-5,7-16,18-28H,6,17H2. The van der Waals surface area contributed by atoms with Crippen molar-refractivity contribution in [1.82, 2.24) is 14.5 Å². The molecule has 0 fully saturated rings. The number of rotatable bonds is 5. The van der Waals surface area contributed by atoms with Crippen molar-refractivity contribution in [3.8, 4) is 16.8 Å². The molecule has 5 aromatic carbocycles. The average molecular weight is 631 g/mol. The van der Waals surface area contributed by atoms with Crippen LogP contribution in [-0.2, 0) is 6.42 Å². The SMILES string of the molecule is C1=Cc2c(n(-c3cnc4ncccc4c3)c3c(-c4ccc(N(c5ccccc5)c5ccc6oc7ccccc7c6c5)cc4)cccc23)CC1. The van der Waals surface area contributed by atoms with E-state index in [1.807, 2.05) is 24.4 Å². The number of pyridine rings is 2. The van der Waals surface area contributed by atoms with Gasteiger partial charge >= 0.3 is 0 Å². The van der Waals surface area contributed by atoms with Crippen LogP contribution in [0.3, 0.4) is 0 Å². The van der Waals surface area contributed by atoms with E-state index in [2.05, 4.69) is 142 Å². The zero-order valence-electron chi connectivity index (χ0n) is 26.6. The van der Waals surface area contributed by atoms with Gasteiger partial charge in [-0.05, 0) is 85.1 Å². The molecule has 1 aliphatic rings. The number of allylic oxidation sites excluding steroid dienone is 1. The number of hydrogen-bond acceptors (Lipinski definition) is 4. The molecule has 0 N–H and O–H groups in total. The summed E-state index contributed by atoms with van der Waals surface area (Å²) in [7, 11) is 0. The minimum absolute atomic E-state index is 0.760. The summed E-state index contributed by atoms with van der Waals surface area (Å²) in [6.07, 6.45) is 10.3. The van der Waals surface area contributed by atoms with E-state index in [0.717, 1.165) is 74.1 Å². The number of benzene rings is 5. The molecular weight excluding hydrogens is 601 g/mol. The summed E-state index contributed by atoms with van der Waals surface area (Å²) in [5.41, 5.74) is 13.0. The molecule has 0 bridgehead atoms. The van der Waals surface area contributed by atoms with Crippen LogP contribution in [0.15, 0.2) is 156 Å². The van der Waals surface area contributed by atoms with Crippen molar-refractivity contribution in [2.45, 2.75) is 12.8 Å². The highest BCUT2D eigenvalue weighted by molar-refractivity contribution is 6.07. The van der Waals surface area contributed by atoms with E-state index >= 15 is 0 Å². The minimum atomic E-state index is 0.760. The predicted molar refractivity (Wildman–Crippen MR) is 201 cm³/mol. The van der Waals surface area contributed by atoms with Crippen molar-refractivity contribution < 1.29 is 4.42 Å². The lowest BCUT2D eigenvalue weighted by atomic mass is 9.99. The molecule has 5 nitrogen and oxygen atoms in total. The summed E-state index contributed by atoms with van der Waals surface area (Å²) in [5, 5.41) is 4.51. The number of anilines is 3. The fraction of sp³-hybridized carbons (Fsp3) is 0.0455. The molecule has 0 radical (unpaired) electrons. The van der Waals surface area contributed by atoms with E-state index in [-0.39, 0.29) is 0 Å². The summed E-state index contributed by atoms with van der Waals surface area (Å²) in [4.78, 5) is 11.5. The number of aromatic nitrogens is 3. The van der Waals surface area contributed by atoms with E-state index in [0.29, 0.717) is 0 Å². The molecule has 0 saturated carbocycles. The second-order valence-electron chi connectivity index (χ2n) is 12.6. The van der Waals surface area contributed by atoms with Gasteiger partial charge < -0.3 is 13.9 Å².